The lowest BCUT2D eigenvalue weighted by molar-refractivity contribution is -0.136. The third-order valence-electron chi connectivity index (χ3n) is 3.88. The van der Waals surface area contributed by atoms with E-state index in [9.17, 15) is 26.4 Å². The van der Waals surface area contributed by atoms with Crippen LogP contribution in [0.1, 0.15) is 11.1 Å². The Hall–Kier alpha value is -2.07. The smallest absolute Gasteiger partial charge is 0.289 e. The number of halogens is 1. The van der Waals surface area contributed by atoms with Crippen LogP contribution in [0.2, 0.25) is 0 Å². The number of hydrogen-bond donors (Lipinski definition) is 1. The van der Waals surface area contributed by atoms with Crippen LogP contribution in [-0.2, 0) is 33.9 Å². The van der Waals surface area contributed by atoms with Gasteiger partial charge < -0.3 is 0 Å². The minimum Gasteiger partial charge on any atom is -0.289 e. The molecule has 0 aliphatic carbocycles. The highest BCUT2D eigenvalue weighted by atomic mass is 35.5. The predicted molar refractivity (Wildman–Crippen MR) is 105 cm³/mol. The Balaban J connectivity index is 2.39. The molecule has 0 saturated carbocycles. The lowest BCUT2D eigenvalue weighted by Gasteiger charge is -2.17. The van der Waals surface area contributed by atoms with Gasteiger partial charge in [0.05, 0.1) is 16.8 Å². The number of hydrogen-bond acceptors (Lipinski definition) is 6. The zero-order valence-corrected chi connectivity index (χ0v) is 17.2. The summed E-state index contributed by atoms with van der Waals surface area (Å²) in [5.74, 6) is -2.77. The van der Waals surface area contributed by atoms with Gasteiger partial charge in [0.25, 0.3) is 8.87 Å². The maximum absolute atomic E-state index is 12.6. The fourth-order valence-corrected chi connectivity index (χ4v) is 5.71. The average Bonchev–Trinajstić information content (AvgIpc) is 2.67. The number of rotatable bonds is 9. The Morgan fingerprint density at radius 2 is 1.54 bits per heavy atom. The third-order valence-corrected chi connectivity index (χ3v) is 8.72. The van der Waals surface area contributed by atoms with Gasteiger partial charge in [-0.3, -0.25) is 9.59 Å². The fraction of sp³-hybridized carbons (Fsp3) is 0.222. The van der Waals surface area contributed by atoms with E-state index < -0.39 is 46.3 Å². The summed E-state index contributed by atoms with van der Waals surface area (Å²) in [7, 11) is -9.87. The molecule has 0 spiro atoms. The maximum Gasteiger partial charge on any atom is 0.322 e. The lowest BCUT2D eigenvalue weighted by atomic mass is 10.0. The predicted octanol–water partition coefficient (Wildman–Crippen LogP) is 1.59. The highest BCUT2D eigenvalue weighted by molar-refractivity contribution is 8.66. The van der Waals surface area contributed by atoms with Gasteiger partial charge in [0.1, 0.15) is 0 Å². The second-order valence-electron chi connectivity index (χ2n) is 6.00. The summed E-state index contributed by atoms with van der Waals surface area (Å²) in [4.78, 5) is 23.6. The quantitative estimate of drug-likeness (QED) is 0.357. The number of carbonyl (C=O) groups is 2. The molecule has 1 N–H and O–H groups in total. The van der Waals surface area contributed by atoms with Gasteiger partial charge in [0, 0.05) is 0 Å². The van der Waals surface area contributed by atoms with Gasteiger partial charge in [-0.25, -0.2) is 8.42 Å². The summed E-state index contributed by atoms with van der Waals surface area (Å²) < 4.78 is 52.1. The molecule has 0 bridgehead atoms. The van der Waals surface area contributed by atoms with E-state index >= 15 is 0 Å². The molecule has 7 nitrogen and oxygen atoms in total. The normalized spacial score (nSPS) is 13.1. The van der Waals surface area contributed by atoms with Crippen LogP contribution in [0.4, 0.5) is 0 Å². The van der Waals surface area contributed by atoms with Gasteiger partial charge >= 0.3 is 9.06 Å². The summed E-state index contributed by atoms with van der Waals surface area (Å²) in [6.45, 7) is 1.72. The van der Waals surface area contributed by atoms with E-state index in [4.69, 9.17) is 11.6 Å². The van der Waals surface area contributed by atoms with E-state index in [1.54, 1.807) is 37.3 Å². The largest absolute Gasteiger partial charge is 0.322 e. The minimum atomic E-state index is -5.03. The van der Waals surface area contributed by atoms with Crippen LogP contribution in [-0.4, -0.2) is 40.3 Å². The molecule has 1 unspecified atom stereocenters. The molecule has 0 fully saturated rings. The van der Waals surface area contributed by atoms with E-state index in [0.29, 0.717) is 5.56 Å². The van der Waals surface area contributed by atoms with Gasteiger partial charge in [-0.2, -0.15) is 13.1 Å². The number of benzene rings is 2. The van der Waals surface area contributed by atoms with Gasteiger partial charge in [-0.1, -0.05) is 48.0 Å². The Kier molecular flexibility index (Phi) is 7.11. The molecule has 0 heterocycles. The Bertz CT molecular complexity index is 1060. The van der Waals surface area contributed by atoms with Crippen molar-refractivity contribution in [3.05, 3.63) is 65.7 Å². The van der Waals surface area contributed by atoms with Crippen molar-refractivity contribution in [1.82, 2.24) is 4.72 Å². The van der Waals surface area contributed by atoms with Gasteiger partial charge in [-0.15, -0.1) is 11.6 Å². The Morgan fingerprint density at radius 1 is 0.964 bits per heavy atom. The zero-order valence-electron chi connectivity index (χ0n) is 14.8. The van der Waals surface area contributed by atoms with Gasteiger partial charge in [-0.05, 0) is 31.0 Å². The molecule has 10 heteroatoms. The molecule has 2 aromatic rings. The van der Waals surface area contributed by atoms with Crippen LogP contribution in [0.15, 0.2) is 59.5 Å². The monoisotopic (exact) mass is 443 g/mol. The minimum absolute atomic E-state index is 0.203. The first-order valence-corrected chi connectivity index (χ1v) is 12.1. The van der Waals surface area contributed by atoms with E-state index in [1.807, 2.05) is 4.72 Å². The van der Waals surface area contributed by atoms with Gasteiger partial charge in [0.15, 0.2) is 0 Å². The van der Waals surface area contributed by atoms with Crippen LogP contribution in [0.25, 0.3) is 0 Å². The first-order valence-electron chi connectivity index (χ1n) is 8.09. The average molecular weight is 444 g/mol. The molecule has 150 valence electrons. The van der Waals surface area contributed by atoms with Crippen LogP contribution in [0.3, 0.4) is 0 Å². The second kappa shape index (κ2) is 8.95. The number of carbonyl (C=O) groups excluding carboxylic acids is 2. The van der Waals surface area contributed by atoms with E-state index in [0.717, 1.165) is 17.7 Å². The number of alkyl halides is 1. The second-order valence-corrected chi connectivity index (χ2v) is 11.4. The molecular weight excluding hydrogens is 426 g/mol. The molecule has 0 radical (unpaired) electrons. The van der Waals surface area contributed by atoms with Crippen LogP contribution in [0.5, 0.6) is 0 Å². The number of nitrogens with one attached hydrogen (secondary N) is 1. The summed E-state index contributed by atoms with van der Waals surface area (Å²) in [6.07, 6.45) is -0.203. The Morgan fingerprint density at radius 3 is 2.07 bits per heavy atom. The molecule has 2 rings (SSSR count). The topological polar surface area (TPSA) is 114 Å². The number of ketones is 2. The first kappa shape index (κ1) is 22.2. The first-order chi connectivity index (χ1) is 13.1. The highest BCUT2D eigenvalue weighted by Gasteiger charge is 2.37. The van der Waals surface area contributed by atoms with Crippen molar-refractivity contribution in [2.75, 3.05) is 5.88 Å². The standard InChI is InChI=1S/C18H18ClNO6S2/c1-13-7-9-15(10-8-13)27(23,24)28(25,26)20-16(18(22)17(21)12-19)11-14-5-3-2-4-6-14/h2-10,16,20H,11-12H2,1H3. The van der Waals surface area contributed by atoms with Crippen molar-refractivity contribution in [2.24, 2.45) is 0 Å². The molecular formula is C18H18ClNO6S2. The van der Waals surface area contributed by atoms with Crippen molar-refractivity contribution in [3.63, 3.8) is 0 Å². The highest BCUT2D eigenvalue weighted by Crippen LogP contribution is 2.18. The lowest BCUT2D eigenvalue weighted by Crippen LogP contribution is -2.47. The fourth-order valence-electron chi connectivity index (χ4n) is 2.37. The Labute approximate surface area is 168 Å². The molecule has 0 aliphatic heterocycles. The zero-order chi connectivity index (χ0) is 20.9. The van der Waals surface area contributed by atoms with Crippen molar-refractivity contribution in [2.45, 2.75) is 24.3 Å². The summed E-state index contributed by atoms with van der Waals surface area (Å²) in [6, 6.07) is 11.9. The number of aryl methyl sites for hydroxylation is 1. The maximum atomic E-state index is 12.6. The third kappa shape index (κ3) is 5.05. The summed E-state index contributed by atoms with van der Waals surface area (Å²) in [5, 5.41) is 0. The van der Waals surface area contributed by atoms with E-state index in [1.165, 1.54) is 12.1 Å². The summed E-state index contributed by atoms with van der Waals surface area (Å²) >= 11 is 5.40. The van der Waals surface area contributed by atoms with E-state index in [-0.39, 0.29) is 6.42 Å². The van der Waals surface area contributed by atoms with Gasteiger partial charge in [0.2, 0.25) is 11.6 Å². The SMILES string of the molecule is Cc1ccc(S(=O)(=O)S(=O)(=O)NC(Cc2ccccc2)C(=O)C(=O)CCl)cc1. The van der Waals surface area contributed by atoms with Crippen LogP contribution < -0.4 is 4.72 Å². The molecule has 0 aliphatic rings. The van der Waals surface area contributed by atoms with Crippen LogP contribution >= 0.6 is 11.6 Å². The summed E-state index contributed by atoms with van der Waals surface area (Å²) in [5.41, 5.74) is 1.29. The molecule has 2 aromatic carbocycles. The number of Topliss-reactive ketones (excluding diaryl/α,β-unsaturated/α-hetero) is 2. The molecule has 28 heavy (non-hydrogen) atoms. The van der Waals surface area contributed by atoms with Crippen molar-refractivity contribution in [3.8, 4) is 0 Å². The molecule has 0 saturated heterocycles. The van der Waals surface area contributed by atoms with Crippen molar-refractivity contribution >= 4 is 41.1 Å². The molecule has 1 atom stereocenters. The van der Waals surface area contributed by atoms with Crippen molar-refractivity contribution < 1.29 is 26.4 Å². The van der Waals surface area contributed by atoms with E-state index in [2.05, 4.69) is 0 Å². The molecule has 0 aromatic heterocycles. The van der Waals surface area contributed by atoms with Crippen molar-refractivity contribution in [1.29, 1.82) is 0 Å². The molecule has 0 amide bonds. The van der Waals surface area contributed by atoms with Crippen LogP contribution in [0, 0.1) is 6.92 Å².